The van der Waals surface area contributed by atoms with Gasteiger partial charge < -0.3 is 15.2 Å². The lowest BCUT2D eigenvalue weighted by Gasteiger charge is -2.16. The van der Waals surface area contributed by atoms with Crippen molar-refractivity contribution in [2.75, 3.05) is 6.54 Å². The van der Waals surface area contributed by atoms with Crippen LogP contribution in [0.25, 0.3) is 0 Å². The molecule has 106 valence electrons. The van der Waals surface area contributed by atoms with E-state index in [4.69, 9.17) is 9.84 Å². The van der Waals surface area contributed by atoms with Crippen LogP contribution in [0.1, 0.15) is 38.8 Å². The minimum Gasteiger partial charge on any atom is -0.479 e. The van der Waals surface area contributed by atoms with Gasteiger partial charge in [-0.3, -0.25) is 0 Å². The highest BCUT2D eigenvalue weighted by atomic mass is 19.1. The molecule has 0 saturated heterocycles. The van der Waals surface area contributed by atoms with Crippen molar-refractivity contribution in [1.29, 1.82) is 0 Å². The molecule has 5 heteroatoms. The molecule has 0 amide bonds. The fourth-order valence-electron chi connectivity index (χ4n) is 1.60. The van der Waals surface area contributed by atoms with Crippen LogP contribution in [0.5, 0.6) is 5.75 Å². The van der Waals surface area contributed by atoms with Crippen LogP contribution in [-0.2, 0) is 4.79 Å². The number of ether oxygens (including phenoxy) is 1. The molecule has 0 aliphatic rings. The minimum atomic E-state index is -1.12. The average molecular weight is 269 g/mol. The summed E-state index contributed by atoms with van der Waals surface area (Å²) in [5.74, 6) is -1.71. The largest absolute Gasteiger partial charge is 0.479 e. The summed E-state index contributed by atoms with van der Waals surface area (Å²) in [6.45, 7) is 6.23. The summed E-state index contributed by atoms with van der Waals surface area (Å²) in [6.07, 6.45) is -0.0690. The Kier molecular flexibility index (Phi) is 5.76. The third-order valence-corrected chi connectivity index (χ3v) is 2.81. The Morgan fingerprint density at radius 2 is 2.16 bits per heavy atom. The van der Waals surface area contributed by atoms with Crippen LogP contribution in [-0.4, -0.2) is 23.7 Å². The first kappa shape index (κ1) is 15.4. The molecule has 1 aromatic rings. The highest BCUT2D eigenvalue weighted by molar-refractivity contribution is 5.72. The van der Waals surface area contributed by atoms with Crippen molar-refractivity contribution < 1.29 is 19.0 Å². The van der Waals surface area contributed by atoms with Crippen molar-refractivity contribution in [3.05, 3.63) is 29.6 Å². The van der Waals surface area contributed by atoms with E-state index in [2.05, 4.69) is 12.2 Å². The molecule has 0 aliphatic carbocycles. The van der Waals surface area contributed by atoms with Crippen molar-refractivity contribution in [2.24, 2.45) is 0 Å². The average Bonchev–Trinajstić information content (AvgIpc) is 2.37. The molecule has 4 nitrogen and oxygen atoms in total. The van der Waals surface area contributed by atoms with Gasteiger partial charge in [0, 0.05) is 6.04 Å². The third-order valence-electron chi connectivity index (χ3n) is 2.81. The van der Waals surface area contributed by atoms with E-state index < -0.39 is 17.9 Å². The fraction of sp³-hybridized carbons (Fsp3) is 0.500. The van der Waals surface area contributed by atoms with Crippen molar-refractivity contribution in [2.45, 2.75) is 39.3 Å². The lowest BCUT2D eigenvalue weighted by molar-refractivity contribution is -0.144. The van der Waals surface area contributed by atoms with Crippen LogP contribution >= 0.6 is 0 Å². The molecular weight excluding hydrogens is 249 g/mol. The Hall–Kier alpha value is -1.62. The standard InChI is InChI=1S/C14H20FNO3/c1-4-7-16-9(2)11-5-6-13(12(15)8-11)19-10(3)14(17)18/h5-6,8-10,16H,4,7H2,1-3H3,(H,17,18). The van der Waals surface area contributed by atoms with E-state index in [1.54, 1.807) is 6.07 Å². The molecule has 0 spiro atoms. The SMILES string of the molecule is CCCNC(C)c1ccc(OC(C)C(=O)O)c(F)c1. The molecule has 0 bridgehead atoms. The number of aliphatic carboxylic acids is 1. The molecule has 1 rings (SSSR count). The van der Waals surface area contributed by atoms with Gasteiger partial charge in [0.05, 0.1) is 0 Å². The lowest BCUT2D eigenvalue weighted by Crippen LogP contribution is -2.23. The van der Waals surface area contributed by atoms with E-state index in [0.717, 1.165) is 18.5 Å². The van der Waals surface area contributed by atoms with Gasteiger partial charge in [-0.1, -0.05) is 13.0 Å². The Bertz CT molecular complexity index is 437. The predicted octanol–water partition coefficient (Wildman–Crippen LogP) is 2.74. The molecule has 2 unspecified atom stereocenters. The number of hydrogen-bond acceptors (Lipinski definition) is 3. The highest BCUT2D eigenvalue weighted by Gasteiger charge is 2.16. The zero-order chi connectivity index (χ0) is 14.4. The number of halogens is 1. The Labute approximate surface area is 112 Å². The van der Waals surface area contributed by atoms with E-state index in [-0.39, 0.29) is 11.8 Å². The zero-order valence-electron chi connectivity index (χ0n) is 11.4. The van der Waals surface area contributed by atoms with Gasteiger partial charge >= 0.3 is 5.97 Å². The summed E-state index contributed by atoms with van der Waals surface area (Å²) in [5, 5.41) is 12.0. The molecule has 1 aromatic carbocycles. The van der Waals surface area contributed by atoms with Crippen LogP contribution in [0.2, 0.25) is 0 Å². The van der Waals surface area contributed by atoms with Crippen molar-refractivity contribution in [3.8, 4) is 5.75 Å². The Morgan fingerprint density at radius 1 is 1.47 bits per heavy atom. The summed E-state index contributed by atoms with van der Waals surface area (Å²) in [5.41, 5.74) is 0.807. The molecule has 0 saturated carbocycles. The number of nitrogens with one attached hydrogen (secondary N) is 1. The monoisotopic (exact) mass is 269 g/mol. The smallest absolute Gasteiger partial charge is 0.344 e. The van der Waals surface area contributed by atoms with Gasteiger partial charge in [-0.25, -0.2) is 9.18 Å². The Morgan fingerprint density at radius 3 is 2.68 bits per heavy atom. The van der Waals surface area contributed by atoms with Gasteiger partial charge in [0.2, 0.25) is 0 Å². The second-order valence-corrected chi connectivity index (χ2v) is 4.46. The number of carboxylic acid groups (broad SMARTS) is 1. The van der Waals surface area contributed by atoms with Crippen LogP contribution in [0, 0.1) is 5.82 Å². The molecule has 19 heavy (non-hydrogen) atoms. The quantitative estimate of drug-likeness (QED) is 0.799. The van der Waals surface area contributed by atoms with Crippen molar-refractivity contribution >= 4 is 5.97 Å². The normalized spacial score (nSPS) is 13.9. The van der Waals surface area contributed by atoms with Crippen molar-refractivity contribution in [3.63, 3.8) is 0 Å². The maximum Gasteiger partial charge on any atom is 0.344 e. The molecule has 0 radical (unpaired) electrons. The van der Waals surface area contributed by atoms with Crippen LogP contribution in [0.15, 0.2) is 18.2 Å². The van der Waals surface area contributed by atoms with Crippen LogP contribution < -0.4 is 10.1 Å². The maximum absolute atomic E-state index is 13.8. The summed E-state index contributed by atoms with van der Waals surface area (Å²) in [7, 11) is 0. The summed E-state index contributed by atoms with van der Waals surface area (Å²) >= 11 is 0. The molecule has 0 fully saturated rings. The molecule has 2 atom stereocenters. The van der Waals surface area contributed by atoms with E-state index in [1.807, 2.05) is 6.92 Å². The van der Waals surface area contributed by atoms with Gasteiger partial charge in [0.1, 0.15) is 0 Å². The molecule has 0 aliphatic heterocycles. The first-order chi connectivity index (χ1) is 8.95. The van der Waals surface area contributed by atoms with Crippen LogP contribution in [0.4, 0.5) is 4.39 Å². The summed E-state index contributed by atoms with van der Waals surface area (Å²) < 4.78 is 18.8. The summed E-state index contributed by atoms with van der Waals surface area (Å²) in [4.78, 5) is 10.7. The second-order valence-electron chi connectivity index (χ2n) is 4.46. The fourth-order valence-corrected chi connectivity index (χ4v) is 1.60. The van der Waals surface area contributed by atoms with E-state index in [0.29, 0.717) is 0 Å². The topological polar surface area (TPSA) is 58.6 Å². The van der Waals surface area contributed by atoms with Crippen molar-refractivity contribution in [1.82, 2.24) is 5.32 Å². The molecule has 2 N–H and O–H groups in total. The number of hydrogen-bond donors (Lipinski definition) is 2. The summed E-state index contributed by atoms with van der Waals surface area (Å²) in [6, 6.07) is 4.62. The lowest BCUT2D eigenvalue weighted by atomic mass is 10.1. The molecule has 0 heterocycles. The number of benzene rings is 1. The van der Waals surface area contributed by atoms with E-state index >= 15 is 0 Å². The Balaban J connectivity index is 2.76. The van der Waals surface area contributed by atoms with E-state index in [1.165, 1.54) is 19.1 Å². The van der Waals surface area contributed by atoms with Gasteiger partial charge in [0.15, 0.2) is 17.7 Å². The van der Waals surface area contributed by atoms with Gasteiger partial charge in [-0.15, -0.1) is 0 Å². The molecule has 0 aromatic heterocycles. The minimum absolute atomic E-state index is 0.0404. The molecular formula is C14H20FNO3. The van der Waals surface area contributed by atoms with Crippen LogP contribution in [0.3, 0.4) is 0 Å². The maximum atomic E-state index is 13.8. The number of carboxylic acids is 1. The highest BCUT2D eigenvalue weighted by Crippen LogP contribution is 2.23. The van der Waals surface area contributed by atoms with Gasteiger partial charge in [0.25, 0.3) is 0 Å². The predicted molar refractivity (Wildman–Crippen MR) is 70.8 cm³/mol. The first-order valence-electron chi connectivity index (χ1n) is 6.38. The first-order valence-corrected chi connectivity index (χ1v) is 6.38. The van der Waals surface area contributed by atoms with Gasteiger partial charge in [-0.05, 0) is 44.5 Å². The second kappa shape index (κ2) is 7.09. The number of rotatable bonds is 7. The third kappa shape index (κ3) is 4.52. The van der Waals surface area contributed by atoms with Gasteiger partial charge in [-0.2, -0.15) is 0 Å². The van der Waals surface area contributed by atoms with E-state index in [9.17, 15) is 9.18 Å². The number of carbonyl (C=O) groups is 1. The zero-order valence-corrected chi connectivity index (χ0v) is 11.4.